The molecule has 2 saturated heterocycles. The molecule has 0 aliphatic carbocycles. The maximum absolute atomic E-state index is 12.7. The van der Waals surface area contributed by atoms with Crippen LogP contribution < -0.4 is 5.32 Å². The zero-order chi connectivity index (χ0) is 19.6. The molecule has 2 fully saturated rings. The molecule has 7 heteroatoms. The van der Waals surface area contributed by atoms with Gasteiger partial charge in [0.25, 0.3) is 0 Å². The molecule has 0 aromatic heterocycles. The van der Waals surface area contributed by atoms with E-state index in [1.54, 1.807) is 11.8 Å². The van der Waals surface area contributed by atoms with Crippen LogP contribution in [0.3, 0.4) is 0 Å². The van der Waals surface area contributed by atoms with Crippen molar-refractivity contribution in [2.24, 2.45) is 0 Å². The lowest BCUT2D eigenvalue weighted by molar-refractivity contribution is -0.131. The van der Waals surface area contributed by atoms with Crippen molar-refractivity contribution in [2.45, 2.75) is 24.3 Å². The van der Waals surface area contributed by atoms with E-state index in [0.717, 1.165) is 28.6 Å². The maximum Gasteiger partial charge on any atom is 0.321 e. The molecule has 2 aliphatic rings. The van der Waals surface area contributed by atoms with E-state index in [0.29, 0.717) is 25.4 Å². The van der Waals surface area contributed by atoms with Gasteiger partial charge in [0.1, 0.15) is 0 Å². The van der Waals surface area contributed by atoms with Gasteiger partial charge in [0.15, 0.2) is 0 Å². The van der Waals surface area contributed by atoms with Gasteiger partial charge in [-0.2, -0.15) is 0 Å². The summed E-state index contributed by atoms with van der Waals surface area (Å²) in [6.07, 6.45) is 1.58. The van der Waals surface area contributed by atoms with Gasteiger partial charge in [-0.05, 0) is 46.5 Å². The molecule has 2 aromatic rings. The highest BCUT2D eigenvalue weighted by atomic mass is 79.9. The van der Waals surface area contributed by atoms with Crippen molar-refractivity contribution in [1.82, 2.24) is 9.80 Å². The topological polar surface area (TPSA) is 52.7 Å². The summed E-state index contributed by atoms with van der Waals surface area (Å²) in [5, 5.41) is 2.97. The zero-order valence-electron chi connectivity index (χ0n) is 15.4. The molecule has 0 saturated carbocycles. The molecule has 2 aliphatic heterocycles. The lowest BCUT2D eigenvalue weighted by atomic mass is 10.0. The highest BCUT2D eigenvalue weighted by molar-refractivity contribution is 9.10. The molecule has 146 valence electrons. The number of rotatable bonds is 3. The SMILES string of the molecule is O=C(Nc1ccccc1Br)N1CCC2(CC1)SCC(=O)N2Cc1ccccc1. The molecular formula is C21H22BrN3O2S. The second-order valence-corrected chi connectivity index (χ2v) is 9.29. The van der Waals surface area contributed by atoms with Crippen LogP contribution in [0.5, 0.6) is 0 Å². The Bertz CT molecular complexity index is 869. The van der Waals surface area contributed by atoms with Crippen LogP contribution in [0.25, 0.3) is 0 Å². The second kappa shape index (κ2) is 8.17. The summed E-state index contributed by atoms with van der Waals surface area (Å²) < 4.78 is 0.864. The Labute approximate surface area is 177 Å². The van der Waals surface area contributed by atoms with Gasteiger partial charge in [-0.25, -0.2) is 4.79 Å². The molecule has 1 spiro atoms. The predicted molar refractivity (Wildman–Crippen MR) is 116 cm³/mol. The molecule has 4 rings (SSSR count). The van der Waals surface area contributed by atoms with Crippen molar-refractivity contribution in [3.8, 4) is 0 Å². The van der Waals surface area contributed by atoms with Gasteiger partial charge >= 0.3 is 6.03 Å². The smallest absolute Gasteiger partial charge is 0.321 e. The van der Waals surface area contributed by atoms with E-state index in [2.05, 4.69) is 33.4 Å². The third-order valence-corrected chi connectivity index (χ3v) is 7.64. The van der Waals surface area contributed by atoms with Crippen molar-refractivity contribution in [3.05, 3.63) is 64.6 Å². The van der Waals surface area contributed by atoms with Gasteiger partial charge in [0, 0.05) is 24.1 Å². The van der Waals surface area contributed by atoms with Gasteiger partial charge in [-0.15, -0.1) is 11.8 Å². The molecular weight excluding hydrogens is 438 g/mol. The lowest BCUT2D eigenvalue weighted by Crippen LogP contribution is -2.53. The summed E-state index contributed by atoms with van der Waals surface area (Å²) in [5.74, 6) is 0.718. The van der Waals surface area contributed by atoms with Crippen LogP contribution >= 0.6 is 27.7 Å². The summed E-state index contributed by atoms with van der Waals surface area (Å²) in [7, 11) is 0. The number of nitrogens with one attached hydrogen (secondary N) is 1. The lowest BCUT2D eigenvalue weighted by Gasteiger charge is -2.44. The van der Waals surface area contributed by atoms with E-state index in [1.165, 1.54) is 0 Å². The Hall–Kier alpha value is -1.99. The number of piperidine rings is 1. The van der Waals surface area contributed by atoms with Gasteiger partial charge in [-0.3, -0.25) is 4.79 Å². The Morgan fingerprint density at radius 2 is 1.75 bits per heavy atom. The number of para-hydroxylation sites is 1. The molecule has 2 aromatic carbocycles. The number of nitrogens with zero attached hydrogens (tertiary/aromatic N) is 2. The number of amides is 3. The van der Waals surface area contributed by atoms with Crippen LogP contribution in [-0.2, 0) is 11.3 Å². The van der Waals surface area contributed by atoms with Gasteiger partial charge in [0.05, 0.1) is 16.3 Å². The van der Waals surface area contributed by atoms with Crippen molar-refractivity contribution in [3.63, 3.8) is 0 Å². The summed E-state index contributed by atoms with van der Waals surface area (Å²) >= 11 is 5.19. The predicted octanol–water partition coefficient (Wildman–Crippen LogP) is 4.55. The van der Waals surface area contributed by atoms with Crippen LogP contribution in [0, 0.1) is 0 Å². The number of urea groups is 1. The average molecular weight is 460 g/mol. The van der Waals surface area contributed by atoms with Crippen LogP contribution in [0.4, 0.5) is 10.5 Å². The molecule has 28 heavy (non-hydrogen) atoms. The Morgan fingerprint density at radius 1 is 1.07 bits per heavy atom. The highest BCUT2D eigenvalue weighted by Crippen LogP contribution is 2.45. The van der Waals surface area contributed by atoms with E-state index in [9.17, 15) is 9.59 Å². The third kappa shape index (κ3) is 3.91. The van der Waals surface area contributed by atoms with E-state index in [1.807, 2.05) is 52.3 Å². The first-order valence-corrected chi connectivity index (χ1v) is 11.1. The normalized spacial score (nSPS) is 18.5. The van der Waals surface area contributed by atoms with Gasteiger partial charge in [0.2, 0.25) is 5.91 Å². The Morgan fingerprint density at radius 3 is 2.46 bits per heavy atom. The first-order chi connectivity index (χ1) is 13.6. The first-order valence-electron chi connectivity index (χ1n) is 9.36. The van der Waals surface area contributed by atoms with E-state index >= 15 is 0 Å². The van der Waals surface area contributed by atoms with Crippen molar-refractivity contribution >= 4 is 45.3 Å². The Balaban J connectivity index is 1.41. The van der Waals surface area contributed by atoms with Gasteiger partial charge in [-0.1, -0.05) is 42.5 Å². The fourth-order valence-electron chi connectivity index (χ4n) is 3.81. The zero-order valence-corrected chi connectivity index (χ0v) is 17.8. The number of carbonyl (C=O) groups excluding carboxylic acids is 2. The number of carbonyl (C=O) groups is 2. The fourth-order valence-corrected chi connectivity index (χ4v) is 5.53. The van der Waals surface area contributed by atoms with Gasteiger partial charge < -0.3 is 15.1 Å². The van der Waals surface area contributed by atoms with Crippen LogP contribution in [-0.4, -0.2) is 45.5 Å². The molecule has 3 amide bonds. The number of thioether (sulfide) groups is 1. The third-order valence-electron chi connectivity index (χ3n) is 5.39. The minimum atomic E-state index is -0.197. The molecule has 1 N–H and O–H groups in total. The summed E-state index contributed by atoms with van der Waals surface area (Å²) in [6, 6.07) is 17.6. The molecule has 0 atom stereocenters. The summed E-state index contributed by atoms with van der Waals surface area (Å²) in [5.41, 5.74) is 1.91. The monoisotopic (exact) mass is 459 g/mol. The fraction of sp³-hybridized carbons (Fsp3) is 0.333. The number of halogens is 1. The number of benzene rings is 2. The average Bonchev–Trinajstić information content (AvgIpc) is 3.01. The highest BCUT2D eigenvalue weighted by Gasteiger charge is 2.48. The van der Waals surface area contributed by atoms with Crippen molar-refractivity contribution < 1.29 is 9.59 Å². The van der Waals surface area contributed by atoms with Crippen molar-refractivity contribution in [1.29, 1.82) is 0 Å². The molecule has 2 heterocycles. The van der Waals surface area contributed by atoms with Crippen molar-refractivity contribution in [2.75, 3.05) is 24.2 Å². The van der Waals surface area contributed by atoms with Crippen LogP contribution in [0.2, 0.25) is 0 Å². The molecule has 0 radical (unpaired) electrons. The van der Waals surface area contributed by atoms with Crippen LogP contribution in [0.1, 0.15) is 18.4 Å². The molecule has 0 unspecified atom stereocenters. The number of anilines is 1. The quantitative estimate of drug-likeness (QED) is 0.732. The second-order valence-electron chi connectivity index (χ2n) is 7.10. The number of likely N-dealkylation sites (tertiary alicyclic amines) is 1. The summed E-state index contributed by atoms with van der Waals surface area (Å²) in [6.45, 7) is 1.92. The van der Waals surface area contributed by atoms with E-state index in [4.69, 9.17) is 0 Å². The summed E-state index contributed by atoms with van der Waals surface area (Å²) in [4.78, 5) is 28.9. The molecule has 5 nitrogen and oxygen atoms in total. The number of hydrogen-bond donors (Lipinski definition) is 1. The molecule has 0 bridgehead atoms. The minimum absolute atomic E-state index is 0.0920. The largest absolute Gasteiger partial charge is 0.324 e. The minimum Gasteiger partial charge on any atom is -0.324 e. The Kier molecular flexibility index (Phi) is 5.64. The standard InChI is InChI=1S/C21H22BrN3O2S/c22-17-8-4-5-9-18(17)23-20(27)24-12-10-21(11-13-24)25(19(26)15-28-21)14-16-6-2-1-3-7-16/h1-9H,10-15H2,(H,23,27). The maximum atomic E-state index is 12.7. The first kappa shape index (κ1) is 19.3. The van der Waals surface area contributed by atoms with E-state index < -0.39 is 0 Å². The number of hydrogen-bond acceptors (Lipinski definition) is 3. The van der Waals surface area contributed by atoms with E-state index in [-0.39, 0.29) is 16.8 Å². The van der Waals surface area contributed by atoms with Crippen LogP contribution in [0.15, 0.2) is 59.1 Å².